The molecule has 3 rings (SSSR count). The Labute approximate surface area is 125 Å². The van der Waals surface area contributed by atoms with Gasteiger partial charge in [0.25, 0.3) is 0 Å². The molecule has 0 aromatic carbocycles. The Morgan fingerprint density at radius 3 is 2.95 bits per heavy atom. The first-order valence-corrected chi connectivity index (χ1v) is 7.92. The van der Waals surface area contributed by atoms with Gasteiger partial charge in [0.1, 0.15) is 0 Å². The molecule has 0 aliphatic heterocycles. The smallest absolute Gasteiger partial charge is 0.190 e. The van der Waals surface area contributed by atoms with Crippen LogP contribution in [0.1, 0.15) is 0 Å². The number of aromatic nitrogens is 2. The number of hydrogen-bond donors (Lipinski definition) is 0. The van der Waals surface area contributed by atoms with Gasteiger partial charge >= 0.3 is 0 Å². The van der Waals surface area contributed by atoms with Crippen molar-refractivity contribution in [3.63, 3.8) is 0 Å². The number of nitrogens with zero attached hydrogens (tertiary/aromatic N) is 3. The Morgan fingerprint density at radius 2 is 2.25 bits per heavy atom. The summed E-state index contributed by atoms with van der Waals surface area (Å²) in [6, 6.07) is 8.04. The van der Waals surface area contributed by atoms with Crippen molar-refractivity contribution in [1.82, 2.24) is 9.55 Å². The van der Waals surface area contributed by atoms with Crippen LogP contribution < -0.4 is 4.80 Å². The van der Waals surface area contributed by atoms with Gasteiger partial charge < -0.3 is 4.57 Å². The topological polar surface area (TPSA) is 30.2 Å². The predicted molar refractivity (Wildman–Crippen MR) is 85.3 cm³/mol. The maximum absolute atomic E-state index is 4.67. The summed E-state index contributed by atoms with van der Waals surface area (Å²) in [6.07, 6.45) is 5.41. The number of rotatable bonds is 4. The number of thiophene rings is 1. The van der Waals surface area contributed by atoms with E-state index in [1.807, 2.05) is 18.2 Å². The van der Waals surface area contributed by atoms with Crippen molar-refractivity contribution in [2.75, 3.05) is 0 Å². The SMILES string of the molecule is C=CCn1c(-c2cccs2)csc1=Nc1cccnc1. The van der Waals surface area contributed by atoms with E-state index in [9.17, 15) is 0 Å². The van der Waals surface area contributed by atoms with Gasteiger partial charge in [0, 0.05) is 18.1 Å². The van der Waals surface area contributed by atoms with Crippen molar-refractivity contribution in [3.05, 3.63) is 64.9 Å². The zero-order valence-corrected chi connectivity index (χ0v) is 12.4. The van der Waals surface area contributed by atoms with Crippen LogP contribution in [0.15, 0.2) is 65.1 Å². The molecule has 0 unspecified atom stereocenters. The highest BCUT2D eigenvalue weighted by Crippen LogP contribution is 2.25. The van der Waals surface area contributed by atoms with E-state index in [4.69, 9.17) is 0 Å². The van der Waals surface area contributed by atoms with E-state index >= 15 is 0 Å². The largest absolute Gasteiger partial charge is 0.312 e. The van der Waals surface area contributed by atoms with Crippen LogP contribution in [0.3, 0.4) is 0 Å². The summed E-state index contributed by atoms with van der Waals surface area (Å²) in [7, 11) is 0. The second-order valence-corrected chi connectivity index (χ2v) is 5.89. The van der Waals surface area contributed by atoms with Gasteiger partial charge in [-0.25, -0.2) is 4.99 Å². The third-order valence-electron chi connectivity index (χ3n) is 2.75. The third kappa shape index (κ3) is 2.64. The Kier molecular flexibility index (Phi) is 3.90. The maximum Gasteiger partial charge on any atom is 0.190 e. The van der Waals surface area contributed by atoms with Gasteiger partial charge in [0.05, 0.1) is 22.5 Å². The lowest BCUT2D eigenvalue weighted by molar-refractivity contribution is 0.801. The van der Waals surface area contributed by atoms with Crippen LogP contribution in [-0.4, -0.2) is 9.55 Å². The minimum atomic E-state index is 0.746. The van der Waals surface area contributed by atoms with Crippen molar-refractivity contribution in [1.29, 1.82) is 0 Å². The molecule has 0 amide bonds. The molecule has 3 heterocycles. The van der Waals surface area contributed by atoms with Gasteiger partial charge in [-0.1, -0.05) is 12.1 Å². The maximum atomic E-state index is 4.67. The molecular weight excluding hydrogens is 286 g/mol. The molecule has 0 N–H and O–H groups in total. The average Bonchev–Trinajstić information content (AvgIpc) is 3.11. The molecule has 3 aromatic rings. The fraction of sp³-hybridized carbons (Fsp3) is 0.0667. The molecule has 100 valence electrons. The van der Waals surface area contributed by atoms with Crippen LogP contribution in [-0.2, 0) is 6.54 Å². The van der Waals surface area contributed by atoms with Gasteiger partial charge in [0.15, 0.2) is 4.80 Å². The molecule has 0 atom stereocenters. The molecule has 0 fully saturated rings. The summed E-state index contributed by atoms with van der Waals surface area (Å²) in [5.74, 6) is 0. The highest BCUT2D eigenvalue weighted by Gasteiger charge is 2.07. The summed E-state index contributed by atoms with van der Waals surface area (Å²) >= 11 is 3.37. The second kappa shape index (κ2) is 5.98. The van der Waals surface area contributed by atoms with Crippen LogP contribution in [0.4, 0.5) is 5.69 Å². The van der Waals surface area contributed by atoms with E-state index in [1.54, 1.807) is 35.1 Å². The van der Waals surface area contributed by atoms with E-state index in [0.29, 0.717) is 0 Å². The zero-order valence-electron chi connectivity index (χ0n) is 10.8. The van der Waals surface area contributed by atoms with Gasteiger partial charge in [-0.3, -0.25) is 4.98 Å². The molecule has 3 nitrogen and oxygen atoms in total. The number of thiazole rings is 1. The number of allylic oxidation sites excluding steroid dienone is 1. The Morgan fingerprint density at radius 1 is 1.30 bits per heavy atom. The van der Waals surface area contributed by atoms with E-state index in [2.05, 4.69) is 44.0 Å². The second-order valence-electron chi connectivity index (χ2n) is 4.10. The van der Waals surface area contributed by atoms with Crippen LogP contribution in [0.5, 0.6) is 0 Å². The van der Waals surface area contributed by atoms with Crippen LogP contribution >= 0.6 is 22.7 Å². The first-order valence-electron chi connectivity index (χ1n) is 6.16. The molecule has 20 heavy (non-hydrogen) atoms. The van der Waals surface area contributed by atoms with Crippen LogP contribution in [0.25, 0.3) is 10.6 Å². The van der Waals surface area contributed by atoms with E-state index in [-0.39, 0.29) is 0 Å². The van der Waals surface area contributed by atoms with Crippen LogP contribution in [0, 0.1) is 0 Å². The van der Waals surface area contributed by atoms with Gasteiger partial charge in [0.2, 0.25) is 0 Å². The van der Waals surface area contributed by atoms with Crippen molar-refractivity contribution < 1.29 is 0 Å². The van der Waals surface area contributed by atoms with Crippen molar-refractivity contribution in [2.45, 2.75) is 6.54 Å². The van der Waals surface area contributed by atoms with Gasteiger partial charge in [-0.2, -0.15) is 0 Å². The quantitative estimate of drug-likeness (QED) is 0.667. The highest BCUT2D eigenvalue weighted by atomic mass is 32.1. The minimum absolute atomic E-state index is 0.746. The summed E-state index contributed by atoms with van der Waals surface area (Å²) in [6.45, 7) is 4.59. The average molecular weight is 299 g/mol. The lowest BCUT2D eigenvalue weighted by Crippen LogP contribution is -2.14. The molecule has 0 aliphatic carbocycles. The standard InChI is InChI=1S/C15H13N3S2/c1-2-8-18-13(14-6-4-9-19-14)11-20-15(18)17-12-5-3-7-16-10-12/h2-7,9-11H,1,8H2. The monoisotopic (exact) mass is 299 g/mol. The zero-order chi connectivity index (χ0) is 13.8. The molecule has 0 bridgehead atoms. The molecule has 0 saturated carbocycles. The Bertz CT molecular complexity index is 752. The summed E-state index contributed by atoms with van der Waals surface area (Å²) in [4.78, 5) is 11.0. The molecule has 3 aromatic heterocycles. The first-order chi connectivity index (χ1) is 9.88. The normalized spacial score (nSPS) is 11.7. The molecule has 0 spiro atoms. The Hall–Kier alpha value is -1.98. The van der Waals surface area contributed by atoms with Gasteiger partial charge in [-0.15, -0.1) is 29.3 Å². The Balaban J connectivity index is 2.13. The minimum Gasteiger partial charge on any atom is -0.312 e. The number of hydrogen-bond acceptors (Lipinski definition) is 4. The van der Waals surface area contributed by atoms with Crippen LogP contribution in [0.2, 0.25) is 0 Å². The molecule has 0 radical (unpaired) electrons. The van der Waals surface area contributed by atoms with Crippen molar-refractivity contribution in [3.8, 4) is 10.6 Å². The van der Waals surface area contributed by atoms with Crippen molar-refractivity contribution in [2.24, 2.45) is 4.99 Å². The lowest BCUT2D eigenvalue weighted by atomic mass is 10.3. The van der Waals surface area contributed by atoms with Crippen molar-refractivity contribution >= 4 is 28.4 Å². The predicted octanol–water partition coefficient (Wildman–Crippen LogP) is 4.09. The first kappa shape index (κ1) is 13.0. The number of pyridine rings is 1. The van der Waals surface area contributed by atoms with E-state index in [1.165, 1.54) is 10.6 Å². The molecular formula is C15H13N3S2. The molecule has 5 heteroatoms. The lowest BCUT2D eigenvalue weighted by Gasteiger charge is -2.04. The fourth-order valence-electron chi connectivity index (χ4n) is 1.88. The third-order valence-corrected chi connectivity index (χ3v) is 4.51. The highest BCUT2D eigenvalue weighted by molar-refractivity contribution is 7.14. The summed E-state index contributed by atoms with van der Waals surface area (Å²) in [5, 5.41) is 4.23. The summed E-state index contributed by atoms with van der Waals surface area (Å²) in [5.41, 5.74) is 2.05. The fourth-order valence-corrected chi connectivity index (χ4v) is 3.63. The summed E-state index contributed by atoms with van der Waals surface area (Å²) < 4.78 is 2.18. The van der Waals surface area contributed by atoms with Gasteiger partial charge in [-0.05, 0) is 23.6 Å². The van der Waals surface area contributed by atoms with E-state index < -0.39 is 0 Å². The molecule has 0 aliphatic rings. The molecule has 0 saturated heterocycles. The van der Waals surface area contributed by atoms with E-state index in [0.717, 1.165) is 17.0 Å².